The lowest BCUT2D eigenvalue weighted by atomic mass is 9.96. The molecule has 3 aromatic rings. The minimum absolute atomic E-state index is 0.250. The SMILES string of the molecule is COc1cc(-c2cccc(N3CCN(C(=O)OC(C)(C)C)CC3)c2)cc2onc(NSNC3CCCCC3)c12. The predicted octanol–water partition coefficient (Wildman–Crippen LogP) is 6.46. The molecule has 1 saturated heterocycles. The van der Waals surface area contributed by atoms with E-state index < -0.39 is 5.60 Å². The molecule has 1 saturated carbocycles. The molecule has 2 N–H and O–H groups in total. The summed E-state index contributed by atoms with van der Waals surface area (Å²) in [4.78, 5) is 16.5. The lowest BCUT2D eigenvalue weighted by Gasteiger charge is -2.36. The molecule has 39 heavy (non-hydrogen) atoms. The topological polar surface area (TPSA) is 92.1 Å². The van der Waals surface area contributed by atoms with E-state index >= 15 is 0 Å². The van der Waals surface area contributed by atoms with Gasteiger partial charge in [-0.3, -0.25) is 4.72 Å². The lowest BCUT2D eigenvalue weighted by molar-refractivity contribution is 0.0240. The number of nitrogens with zero attached hydrogens (tertiary/aromatic N) is 3. The zero-order valence-electron chi connectivity index (χ0n) is 23.3. The number of aromatic nitrogens is 1. The van der Waals surface area contributed by atoms with E-state index in [0.717, 1.165) is 35.3 Å². The van der Waals surface area contributed by atoms with Crippen LogP contribution in [0.4, 0.5) is 16.3 Å². The fourth-order valence-corrected chi connectivity index (χ4v) is 5.87. The molecule has 2 fully saturated rings. The molecule has 1 aromatic heterocycles. The molecule has 5 rings (SSSR count). The van der Waals surface area contributed by atoms with Crippen molar-refractivity contribution >= 4 is 40.7 Å². The summed E-state index contributed by atoms with van der Waals surface area (Å²) in [6, 6.07) is 13.0. The summed E-state index contributed by atoms with van der Waals surface area (Å²) in [5.41, 5.74) is 3.34. The van der Waals surface area contributed by atoms with Crippen molar-refractivity contribution in [2.24, 2.45) is 0 Å². The van der Waals surface area contributed by atoms with Crippen LogP contribution < -0.4 is 19.1 Å². The minimum Gasteiger partial charge on any atom is -0.496 e. The van der Waals surface area contributed by atoms with Gasteiger partial charge in [0.05, 0.1) is 7.11 Å². The van der Waals surface area contributed by atoms with Crippen molar-refractivity contribution in [2.75, 3.05) is 42.9 Å². The highest BCUT2D eigenvalue weighted by molar-refractivity contribution is 7.98. The maximum Gasteiger partial charge on any atom is 0.410 e. The van der Waals surface area contributed by atoms with Gasteiger partial charge in [0, 0.05) is 50.0 Å². The molecule has 210 valence electrons. The van der Waals surface area contributed by atoms with E-state index in [-0.39, 0.29) is 6.09 Å². The molecule has 0 atom stereocenters. The standard InChI is InChI=1S/C29H39N5O4S/c1-29(2,3)37-28(35)34-15-13-33(14-16-34)23-12-8-9-20(17-23)21-18-24(36-4)26-25(19-21)38-30-27(26)32-39-31-22-10-6-5-7-11-22/h8-9,12,17-19,22,31H,5-7,10-11,13-16H2,1-4H3,(H,30,32). The van der Waals surface area contributed by atoms with Crippen LogP contribution in [0.3, 0.4) is 0 Å². The Bertz CT molecular complexity index is 1280. The summed E-state index contributed by atoms with van der Waals surface area (Å²) in [7, 11) is 1.67. The van der Waals surface area contributed by atoms with Crippen LogP contribution in [0.15, 0.2) is 40.9 Å². The Morgan fingerprint density at radius 2 is 1.82 bits per heavy atom. The van der Waals surface area contributed by atoms with Crippen LogP contribution in [0, 0.1) is 0 Å². The largest absolute Gasteiger partial charge is 0.496 e. The molecule has 2 aliphatic rings. The molecule has 2 heterocycles. The summed E-state index contributed by atoms with van der Waals surface area (Å²) in [6.45, 7) is 8.42. The van der Waals surface area contributed by atoms with E-state index in [0.29, 0.717) is 36.3 Å². The van der Waals surface area contributed by atoms with Gasteiger partial charge < -0.3 is 23.8 Å². The van der Waals surface area contributed by atoms with Crippen LogP contribution >= 0.6 is 12.1 Å². The van der Waals surface area contributed by atoms with Crippen LogP contribution in [0.25, 0.3) is 22.1 Å². The van der Waals surface area contributed by atoms with Gasteiger partial charge in [-0.25, -0.2) is 9.52 Å². The normalized spacial score (nSPS) is 16.9. The highest BCUT2D eigenvalue weighted by Crippen LogP contribution is 2.38. The van der Waals surface area contributed by atoms with Crippen LogP contribution in [-0.4, -0.2) is 61.1 Å². The first-order valence-electron chi connectivity index (χ1n) is 13.8. The maximum atomic E-state index is 12.4. The molecule has 0 spiro atoms. The van der Waals surface area contributed by atoms with Gasteiger partial charge in [-0.2, -0.15) is 0 Å². The highest BCUT2D eigenvalue weighted by Gasteiger charge is 2.26. The van der Waals surface area contributed by atoms with Crippen molar-refractivity contribution < 1.29 is 18.8 Å². The highest BCUT2D eigenvalue weighted by atomic mass is 32.2. The summed E-state index contributed by atoms with van der Waals surface area (Å²) in [6.07, 6.45) is 6.06. The van der Waals surface area contributed by atoms with Crippen molar-refractivity contribution in [1.29, 1.82) is 0 Å². The third-order valence-corrected chi connectivity index (χ3v) is 7.96. The number of nitrogens with one attached hydrogen (secondary N) is 2. The van der Waals surface area contributed by atoms with E-state index in [4.69, 9.17) is 14.0 Å². The number of hydrogen-bond donors (Lipinski definition) is 2. The Hall–Kier alpha value is -3.11. The summed E-state index contributed by atoms with van der Waals surface area (Å²) >= 11 is 1.46. The molecule has 0 radical (unpaired) electrons. The Morgan fingerprint density at radius 3 is 2.54 bits per heavy atom. The molecular formula is C29H39N5O4S. The summed E-state index contributed by atoms with van der Waals surface area (Å²) in [5, 5.41) is 5.11. The van der Waals surface area contributed by atoms with Crippen molar-refractivity contribution in [1.82, 2.24) is 14.8 Å². The summed E-state index contributed by atoms with van der Waals surface area (Å²) in [5.74, 6) is 1.36. The predicted molar refractivity (Wildman–Crippen MR) is 157 cm³/mol. The number of anilines is 2. The van der Waals surface area contributed by atoms with Gasteiger partial charge >= 0.3 is 6.09 Å². The van der Waals surface area contributed by atoms with Crippen LogP contribution in [0.1, 0.15) is 52.9 Å². The molecule has 1 aliphatic carbocycles. The third-order valence-electron chi connectivity index (χ3n) is 7.21. The monoisotopic (exact) mass is 553 g/mol. The van der Waals surface area contributed by atoms with E-state index in [1.165, 1.54) is 44.2 Å². The number of rotatable bonds is 7. The number of methoxy groups -OCH3 is 1. The number of piperazine rings is 1. The van der Waals surface area contributed by atoms with Crippen molar-refractivity contribution in [3.05, 3.63) is 36.4 Å². The van der Waals surface area contributed by atoms with Crippen molar-refractivity contribution in [3.8, 4) is 16.9 Å². The Labute approximate surface area is 234 Å². The zero-order chi connectivity index (χ0) is 27.4. The first kappa shape index (κ1) is 27.5. The maximum absolute atomic E-state index is 12.4. The lowest BCUT2D eigenvalue weighted by Crippen LogP contribution is -2.50. The number of carbonyl (C=O) groups excluding carboxylic acids is 1. The number of benzene rings is 2. The van der Waals surface area contributed by atoms with E-state index in [1.807, 2.05) is 32.9 Å². The van der Waals surface area contributed by atoms with E-state index in [1.54, 1.807) is 12.0 Å². The van der Waals surface area contributed by atoms with Crippen LogP contribution in [-0.2, 0) is 4.74 Å². The fourth-order valence-electron chi connectivity index (χ4n) is 5.17. The van der Waals surface area contributed by atoms with Gasteiger partial charge in [0.25, 0.3) is 0 Å². The second-order valence-electron chi connectivity index (χ2n) is 11.2. The Balaban J connectivity index is 1.27. The Morgan fingerprint density at radius 1 is 1.05 bits per heavy atom. The van der Waals surface area contributed by atoms with Crippen molar-refractivity contribution in [3.63, 3.8) is 0 Å². The second kappa shape index (κ2) is 12.0. The smallest absolute Gasteiger partial charge is 0.410 e. The number of fused-ring (bicyclic) bond motifs is 1. The molecule has 1 amide bonds. The average Bonchev–Trinajstić information content (AvgIpc) is 3.35. The molecular weight excluding hydrogens is 514 g/mol. The van der Waals surface area contributed by atoms with E-state index in [9.17, 15) is 4.79 Å². The number of carbonyl (C=O) groups is 1. The molecule has 0 bridgehead atoms. The second-order valence-corrected chi connectivity index (χ2v) is 11.9. The van der Waals surface area contributed by atoms with Crippen LogP contribution in [0.2, 0.25) is 0 Å². The van der Waals surface area contributed by atoms with Gasteiger partial charge in [0.15, 0.2) is 11.4 Å². The van der Waals surface area contributed by atoms with Crippen molar-refractivity contribution in [2.45, 2.75) is 64.5 Å². The Kier molecular flexibility index (Phi) is 8.42. The van der Waals surface area contributed by atoms with Gasteiger partial charge in [0.1, 0.15) is 16.7 Å². The summed E-state index contributed by atoms with van der Waals surface area (Å²) < 4.78 is 23.8. The van der Waals surface area contributed by atoms with Gasteiger partial charge in [0.2, 0.25) is 0 Å². The van der Waals surface area contributed by atoms with Crippen LogP contribution in [0.5, 0.6) is 5.75 Å². The molecule has 9 nitrogen and oxygen atoms in total. The fraction of sp³-hybridized carbons (Fsp3) is 0.517. The average molecular weight is 554 g/mol. The third kappa shape index (κ3) is 6.73. The quantitative estimate of drug-likeness (QED) is 0.320. The van der Waals surface area contributed by atoms with E-state index in [2.05, 4.69) is 43.8 Å². The number of hydrogen-bond acceptors (Lipinski definition) is 9. The zero-order valence-corrected chi connectivity index (χ0v) is 24.1. The first-order valence-corrected chi connectivity index (χ1v) is 14.6. The molecule has 1 aliphatic heterocycles. The van der Waals surface area contributed by atoms with Gasteiger partial charge in [-0.05, 0) is 69.0 Å². The minimum atomic E-state index is -0.490. The van der Waals surface area contributed by atoms with Gasteiger partial charge in [-0.15, -0.1) is 0 Å². The molecule has 0 unspecified atom stereocenters. The molecule has 2 aromatic carbocycles. The van der Waals surface area contributed by atoms with Gasteiger partial charge in [-0.1, -0.05) is 36.6 Å². The number of ether oxygens (including phenoxy) is 2. The number of amides is 1. The first-order chi connectivity index (χ1) is 18.8. The molecule has 10 heteroatoms.